The summed E-state index contributed by atoms with van der Waals surface area (Å²) in [4.78, 5) is 4.39. The van der Waals surface area contributed by atoms with Crippen molar-refractivity contribution in [2.45, 2.75) is 39.7 Å². The number of hydrogen-bond acceptors (Lipinski definition) is 2. The summed E-state index contributed by atoms with van der Waals surface area (Å²) in [5.41, 5.74) is 8.10. The number of guanidine groups is 1. The Morgan fingerprint density at radius 2 is 2.00 bits per heavy atom. The molecular formula is C9H20N4. The lowest BCUT2D eigenvalue weighted by atomic mass is 9.84. The van der Waals surface area contributed by atoms with Gasteiger partial charge in [0.15, 0.2) is 0 Å². The summed E-state index contributed by atoms with van der Waals surface area (Å²) >= 11 is 0. The van der Waals surface area contributed by atoms with Crippen molar-refractivity contribution in [3.05, 3.63) is 0 Å². The molecule has 0 radical (unpaired) electrons. The van der Waals surface area contributed by atoms with Crippen LogP contribution in [0.2, 0.25) is 0 Å². The molecule has 0 heterocycles. The first-order valence-corrected chi connectivity index (χ1v) is 4.75. The number of hydrazine groups is 1. The molecule has 0 saturated heterocycles. The maximum absolute atomic E-state index is 5.55. The van der Waals surface area contributed by atoms with Crippen LogP contribution in [0.4, 0.5) is 0 Å². The molecule has 1 saturated carbocycles. The van der Waals surface area contributed by atoms with E-state index in [2.05, 4.69) is 31.2 Å². The normalized spacial score (nSPS) is 21.4. The molecule has 1 rings (SSSR count). The van der Waals surface area contributed by atoms with Crippen LogP contribution in [-0.4, -0.2) is 12.0 Å². The van der Waals surface area contributed by atoms with Crippen LogP contribution >= 0.6 is 0 Å². The highest BCUT2D eigenvalue weighted by atomic mass is 15.3. The van der Waals surface area contributed by atoms with Crippen molar-refractivity contribution in [1.29, 1.82) is 0 Å². The van der Waals surface area contributed by atoms with E-state index in [-0.39, 0.29) is 5.41 Å². The van der Waals surface area contributed by atoms with Crippen molar-refractivity contribution in [1.82, 2.24) is 5.43 Å². The lowest BCUT2D eigenvalue weighted by Gasteiger charge is -2.27. The van der Waals surface area contributed by atoms with E-state index >= 15 is 0 Å². The summed E-state index contributed by atoms with van der Waals surface area (Å²) in [5, 5.41) is 0. The summed E-state index contributed by atoms with van der Waals surface area (Å²) in [6.45, 7) is 6.55. The molecule has 1 unspecified atom stereocenters. The van der Waals surface area contributed by atoms with Crippen molar-refractivity contribution in [2.24, 2.45) is 27.9 Å². The second-order valence-corrected chi connectivity index (χ2v) is 4.81. The van der Waals surface area contributed by atoms with Crippen LogP contribution in [0.5, 0.6) is 0 Å². The third kappa shape index (κ3) is 2.88. The molecule has 0 spiro atoms. The second-order valence-electron chi connectivity index (χ2n) is 4.81. The lowest BCUT2D eigenvalue weighted by Crippen LogP contribution is -2.40. The largest absolute Gasteiger partial charge is 0.369 e. The van der Waals surface area contributed by atoms with Crippen molar-refractivity contribution in [3.8, 4) is 0 Å². The zero-order chi connectivity index (χ0) is 10.1. The average molecular weight is 184 g/mol. The van der Waals surface area contributed by atoms with Crippen molar-refractivity contribution in [2.75, 3.05) is 0 Å². The quantitative estimate of drug-likeness (QED) is 0.254. The average Bonchev–Trinajstić information content (AvgIpc) is 2.80. The van der Waals surface area contributed by atoms with Crippen LogP contribution in [0.15, 0.2) is 4.99 Å². The highest BCUT2D eigenvalue weighted by Gasteiger charge is 2.38. The summed E-state index contributed by atoms with van der Waals surface area (Å²) in [6.07, 6.45) is 2.53. The predicted octanol–water partition coefficient (Wildman–Crippen LogP) is 0.589. The van der Waals surface area contributed by atoms with Crippen molar-refractivity contribution < 1.29 is 0 Å². The highest BCUT2D eigenvalue weighted by molar-refractivity contribution is 5.77. The molecule has 4 nitrogen and oxygen atoms in total. The Morgan fingerprint density at radius 3 is 2.31 bits per heavy atom. The standard InChI is InChI=1S/C9H20N4/c1-9(2,3)7(6-4-5-6)12-8(10)13-11/h6-7H,4-5,11H2,1-3H3,(H3,10,12,13). The topological polar surface area (TPSA) is 76.4 Å². The van der Waals surface area contributed by atoms with Gasteiger partial charge in [-0.25, -0.2) is 10.8 Å². The van der Waals surface area contributed by atoms with Gasteiger partial charge in [0, 0.05) is 0 Å². The van der Waals surface area contributed by atoms with E-state index in [4.69, 9.17) is 11.6 Å². The summed E-state index contributed by atoms with van der Waals surface area (Å²) in [6, 6.07) is 0.295. The molecule has 0 amide bonds. The van der Waals surface area contributed by atoms with Crippen LogP contribution in [-0.2, 0) is 0 Å². The monoisotopic (exact) mass is 184 g/mol. The SMILES string of the molecule is CC(C)(C)C(N=C(N)NN)C1CC1. The van der Waals surface area contributed by atoms with E-state index < -0.39 is 0 Å². The van der Waals surface area contributed by atoms with Gasteiger partial charge in [0.2, 0.25) is 5.96 Å². The first kappa shape index (κ1) is 10.3. The van der Waals surface area contributed by atoms with Gasteiger partial charge in [0.05, 0.1) is 6.04 Å². The zero-order valence-corrected chi connectivity index (χ0v) is 8.67. The fourth-order valence-electron chi connectivity index (χ4n) is 1.61. The number of rotatable bonds is 2. The van der Waals surface area contributed by atoms with Crippen LogP contribution in [0.1, 0.15) is 33.6 Å². The molecule has 5 N–H and O–H groups in total. The fourth-order valence-corrected chi connectivity index (χ4v) is 1.61. The van der Waals surface area contributed by atoms with Crippen molar-refractivity contribution in [3.63, 3.8) is 0 Å². The Morgan fingerprint density at radius 1 is 1.46 bits per heavy atom. The van der Waals surface area contributed by atoms with Crippen LogP contribution in [0.3, 0.4) is 0 Å². The van der Waals surface area contributed by atoms with Crippen LogP contribution in [0, 0.1) is 11.3 Å². The number of hydrogen-bond donors (Lipinski definition) is 3. The van der Waals surface area contributed by atoms with E-state index in [9.17, 15) is 0 Å². The Kier molecular flexibility index (Phi) is 2.81. The maximum atomic E-state index is 5.55. The Hall–Kier alpha value is -0.770. The predicted molar refractivity (Wildman–Crippen MR) is 54.9 cm³/mol. The van der Waals surface area contributed by atoms with Crippen LogP contribution in [0.25, 0.3) is 0 Å². The fraction of sp³-hybridized carbons (Fsp3) is 0.889. The maximum Gasteiger partial charge on any atom is 0.203 e. The van der Waals surface area contributed by atoms with Gasteiger partial charge in [0.1, 0.15) is 0 Å². The molecule has 1 fully saturated rings. The molecule has 1 aliphatic rings. The van der Waals surface area contributed by atoms with Gasteiger partial charge in [0.25, 0.3) is 0 Å². The first-order valence-electron chi connectivity index (χ1n) is 4.75. The molecule has 0 aromatic heterocycles. The van der Waals surface area contributed by atoms with E-state index in [0.29, 0.717) is 17.9 Å². The third-order valence-electron chi connectivity index (χ3n) is 2.38. The molecule has 0 aliphatic heterocycles. The Balaban J connectivity index is 2.68. The summed E-state index contributed by atoms with van der Waals surface area (Å²) in [5.74, 6) is 6.22. The lowest BCUT2D eigenvalue weighted by molar-refractivity contribution is 0.294. The summed E-state index contributed by atoms with van der Waals surface area (Å²) in [7, 11) is 0. The van der Waals surface area contributed by atoms with E-state index in [1.807, 2.05) is 0 Å². The van der Waals surface area contributed by atoms with Gasteiger partial charge in [-0.1, -0.05) is 20.8 Å². The number of aliphatic imine (C=N–C) groups is 1. The van der Waals surface area contributed by atoms with Gasteiger partial charge in [-0.15, -0.1) is 0 Å². The van der Waals surface area contributed by atoms with E-state index in [1.54, 1.807) is 0 Å². The molecule has 0 aromatic rings. The molecule has 4 heteroatoms. The zero-order valence-electron chi connectivity index (χ0n) is 8.67. The molecule has 0 aromatic carbocycles. The molecule has 1 atom stereocenters. The van der Waals surface area contributed by atoms with Crippen LogP contribution < -0.4 is 17.0 Å². The van der Waals surface area contributed by atoms with Crippen molar-refractivity contribution >= 4 is 5.96 Å². The highest BCUT2D eigenvalue weighted by Crippen LogP contribution is 2.42. The first-order chi connectivity index (χ1) is 5.95. The smallest absolute Gasteiger partial charge is 0.203 e. The third-order valence-corrected chi connectivity index (χ3v) is 2.38. The van der Waals surface area contributed by atoms with Gasteiger partial charge in [-0.3, -0.25) is 5.43 Å². The van der Waals surface area contributed by atoms with Gasteiger partial charge >= 0.3 is 0 Å². The molecule has 13 heavy (non-hydrogen) atoms. The Bertz CT molecular complexity index is 200. The number of nitrogens with one attached hydrogen (secondary N) is 1. The molecule has 0 bridgehead atoms. The van der Waals surface area contributed by atoms with E-state index in [0.717, 1.165) is 0 Å². The number of nitrogens with two attached hydrogens (primary N) is 2. The number of nitrogens with zero attached hydrogens (tertiary/aromatic N) is 1. The molecular weight excluding hydrogens is 164 g/mol. The van der Waals surface area contributed by atoms with Gasteiger partial charge in [-0.2, -0.15) is 0 Å². The molecule has 1 aliphatic carbocycles. The minimum absolute atomic E-state index is 0.169. The molecule has 76 valence electrons. The van der Waals surface area contributed by atoms with Gasteiger partial charge < -0.3 is 5.73 Å². The minimum Gasteiger partial charge on any atom is -0.369 e. The Labute approximate surface area is 79.7 Å². The van der Waals surface area contributed by atoms with Gasteiger partial charge in [-0.05, 0) is 24.2 Å². The van der Waals surface area contributed by atoms with E-state index in [1.165, 1.54) is 12.8 Å². The minimum atomic E-state index is 0.169. The second kappa shape index (κ2) is 3.54. The summed E-state index contributed by atoms with van der Waals surface area (Å²) < 4.78 is 0.